The van der Waals surface area contributed by atoms with Gasteiger partial charge in [0.25, 0.3) is 0 Å². The Morgan fingerprint density at radius 3 is 2.33 bits per heavy atom. The topological polar surface area (TPSA) is 49.4 Å². The van der Waals surface area contributed by atoms with E-state index in [9.17, 15) is 9.59 Å². The Morgan fingerprint density at radius 1 is 1.28 bits per heavy atom. The van der Waals surface area contributed by atoms with Gasteiger partial charge in [0.05, 0.1) is 0 Å². The summed E-state index contributed by atoms with van der Waals surface area (Å²) in [5.74, 6) is 0.904. The van der Waals surface area contributed by atoms with E-state index in [0.717, 1.165) is 12.8 Å². The van der Waals surface area contributed by atoms with Crippen molar-refractivity contribution in [3.8, 4) is 0 Å². The number of nitrogens with one attached hydrogen (secondary N) is 1. The van der Waals surface area contributed by atoms with Gasteiger partial charge in [-0.25, -0.2) is 0 Å². The molecule has 18 heavy (non-hydrogen) atoms. The van der Waals surface area contributed by atoms with Crippen LogP contribution in [-0.4, -0.2) is 34.8 Å². The fraction of sp³-hybridized carbons (Fsp3) is 0.857. The summed E-state index contributed by atoms with van der Waals surface area (Å²) >= 11 is 0. The zero-order valence-electron chi connectivity index (χ0n) is 11.8. The highest BCUT2D eigenvalue weighted by molar-refractivity contribution is 5.97. The van der Waals surface area contributed by atoms with Crippen LogP contribution in [0.2, 0.25) is 0 Å². The van der Waals surface area contributed by atoms with Crippen molar-refractivity contribution in [2.75, 3.05) is 0 Å². The number of hydrogen-bond donors (Lipinski definition) is 1. The van der Waals surface area contributed by atoms with Gasteiger partial charge in [-0.15, -0.1) is 0 Å². The predicted molar refractivity (Wildman–Crippen MR) is 69.9 cm³/mol. The molecular weight excluding hydrogens is 228 g/mol. The predicted octanol–water partition coefficient (Wildman–Crippen LogP) is 1.55. The van der Waals surface area contributed by atoms with Gasteiger partial charge in [-0.3, -0.25) is 9.59 Å². The molecule has 1 saturated heterocycles. The third-order valence-electron chi connectivity index (χ3n) is 4.34. The molecule has 0 spiro atoms. The summed E-state index contributed by atoms with van der Waals surface area (Å²) < 4.78 is 0. The molecule has 0 bridgehead atoms. The Hall–Kier alpha value is -1.06. The number of hydrogen-bond acceptors (Lipinski definition) is 2. The molecular formula is C14H24N2O2. The first kappa shape index (κ1) is 13.4. The summed E-state index contributed by atoms with van der Waals surface area (Å²) in [7, 11) is 0. The maximum Gasteiger partial charge on any atom is 0.246 e. The van der Waals surface area contributed by atoms with E-state index in [-0.39, 0.29) is 29.9 Å². The van der Waals surface area contributed by atoms with Gasteiger partial charge < -0.3 is 10.2 Å². The molecule has 0 radical (unpaired) electrons. The second-order valence-electron chi connectivity index (χ2n) is 5.98. The second-order valence-corrected chi connectivity index (χ2v) is 5.98. The van der Waals surface area contributed by atoms with Crippen molar-refractivity contribution in [1.82, 2.24) is 10.2 Å². The van der Waals surface area contributed by atoms with E-state index in [0.29, 0.717) is 18.3 Å². The minimum Gasteiger partial charge on any atom is -0.342 e. The van der Waals surface area contributed by atoms with E-state index < -0.39 is 0 Å². The summed E-state index contributed by atoms with van der Waals surface area (Å²) in [6.45, 7) is 8.22. The van der Waals surface area contributed by atoms with Gasteiger partial charge >= 0.3 is 0 Å². The Morgan fingerprint density at radius 2 is 1.89 bits per heavy atom. The van der Waals surface area contributed by atoms with Gasteiger partial charge in [-0.1, -0.05) is 20.8 Å². The van der Waals surface area contributed by atoms with Gasteiger partial charge in [-0.2, -0.15) is 0 Å². The van der Waals surface area contributed by atoms with E-state index >= 15 is 0 Å². The molecule has 0 aromatic heterocycles. The molecule has 4 nitrogen and oxygen atoms in total. The molecule has 102 valence electrons. The van der Waals surface area contributed by atoms with E-state index in [1.807, 2.05) is 18.7 Å². The molecule has 1 heterocycles. The van der Waals surface area contributed by atoms with E-state index in [1.54, 1.807) is 0 Å². The molecule has 2 amide bonds. The average Bonchev–Trinajstić information content (AvgIpc) is 3.14. The maximum absolute atomic E-state index is 12.6. The van der Waals surface area contributed by atoms with Crippen LogP contribution in [0.4, 0.5) is 0 Å². The first-order chi connectivity index (χ1) is 8.47. The molecule has 0 aromatic rings. The fourth-order valence-corrected chi connectivity index (χ4v) is 2.69. The highest BCUT2D eigenvalue weighted by Crippen LogP contribution is 2.36. The van der Waals surface area contributed by atoms with Gasteiger partial charge in [-0.05, 0) is 38.0 Å². The Labute approximate surface area is 109 Å². The minimum atomic E-state index is -0.287. The standard InChI is InChI=1S/C14H24N2O2/c1-5-11-13(17)15-12(10-6-7-10)14(18)16(11)9(4)8(2)3/h8-12H,5-7H2,1-4H3,(H,15,17). The molecule has 1 saturated carbocycles. The Balaban J connectivity index is 2.23. The quantitative estimate of drug-likeness (QED) is 0.825. The van der Waals surface area contributed by atoms with E-state index in [4.69, 9.17) is 0 Å². The van der Waals surface area contributed by atoms with Crippen LogP contribution in [0.1, 0.15) is 47.0 Å². The second kappa shape index (κ2) is 4.90. The zero-order valence-corrected chi connectivity index (χ0v) is 11.8. The molecule has 2 rings (SSSR count). The normalized spacial score (nSPS) is 30.6. The number of carbonyl (C=O) groups excluding carboxylic acids is 2. The summed E-state index contributed by atoms with van der Waals surface area (Å²) in [5.41, 5.74) is 0. The Bertz CT molecular complexity index is 350. The molecule has 1 N–H and O–H groups in total. The van der Waals surface area contributed by atoms with Crippen LogP contribution < -0.4 is 5.32 Å². The largest absolute Gasteiger partial charge is 0.342 e. The van der Waals surface area contributed by atoms with Crippen LogP contribution in [-0.2, 0) is 9.59 Å². The smallest absolute Gasteiger partial charge is 0.246 e. The Kier molecular flexibility index (Phi) is 3.64. The number of amides is 2. The molecule has 0 aromatic carbocycles. The van der Waals surface area contributed by atoms with Crippen LogP contribution >= 0.6 is 0 Å². The summed E-state index contributed by atoms with van der Waals surface area (Å²) in [5, 5.41) is 2.92. The molecule has 2 aliphatic rings. The first-order valence-corrected chi connectivity index (χ1v) is 7.09. The first-order valence-electron chi connectivity index (χ1n) is 7.09. The van der Waals surface area contributed by atoms with Gasteiger partial charge in [0.1, 0.15) is 12.1 Å². The summed E-state index contributed by atoms with van der Waals surface area (Å²) in [4.78, 5) is 26.6. The number of piperazine rings is 1. The van der Waals surface area contributed by atoms with Crippen LogP contribution in [0.5, 0.6) is 0 Å². The molecule has 1 aliphatic heterocycles. The van der Waals surface area contributed by atoms with Crippen molar-refractivity contribution in [2.45, 2.75) is 65.1 Å². The van der Waals surface area contributed by atoms with Crippen molar-refractivity contribution in [3.05, 3.63) is 0 Å². The van der Waals surface area contributed by atoms with Crippen molar-refractivity contribution < 1.29 is 9.59 Å². The lowest BCUT2D eigenvalue weighted by Gasteiger charge is -2.43. The van der Waals surface area contributed by atoms with Crippen LogP contribution in [0.25, 0.3) is 0 Å². The molecule has 2 fully saturated rings. The lowest BCUT2D eigenvalue weighted by molar-refractivity contribution is -0.153. The summed E-state index contributed by atoms with van der Waals surface area (Å²) in [6, 6.07) is -0.429. The molecule has 3 atom stereocenters. The summed E-state index contributed by atoms with van der Waals surface area (Å²) in [6.07, 6.45) is 2.82. The zero-order chi connectivity index (χ0) is 13.4. The van der Waals surface area contributed by atoms with Crippen LogP contribution in [0.15, 0.2) is 0 Å². The third kappa shape index (κ3) is 2.25. The van der Waals surface area contributed by atoms with E-state index in [2.05, 4.69) is 19.2 Å². The number of rotatable bonds is 4. The van der Waals surface area contributed by atoms with Crippen LogP contribution in [0, 0.1) is 11.8 Å². The maximum atomic E-state index is 12.6. The van der Waals surface area contributed by atoms with Crippen molar-refractivity contribution >= 4 is 11.8 Å². The number of nitrogens with zero attached hydrogens (tertiary/aromatic N) is 1. The highest BCUT2D eigenvalue weighted by Gasteiger charge is 2.47. The van der Waals surface area contributed by atoms with Crippen LogP contribution in [0.3, 0.4) is 0 Å². The van der Waals surface area contributed by atoms with Crippen molar-refractivity contribution in [1.29, 1.82) is 0 Å². The van der Waals surface area contributed by atoms with Crippen molar-refractivity contribution in [3.63, 3.8) is 0 Å². The fourth-order valence-electron chi connectivity index (χ4n) is 2.69. The minimum absolute atomic E-state index is 0.0292. The van der Waals surface area contributed by atoms with Gasteiger partial charge in [0.2, 0.25) is 11.8 Å². The lowest BCUT2D eigenvalue weighted by atomic mass is 9.95. The van der Waals surface area contributed by atoms with Gasteiger partial charge in [0, 0.05) is 6.04 Å². The van der Waals surface area contributed by atoms with Crippen molar-refractivity contribution in [2.24, 2.45) is 11.8 Å². The highest BCUT2D eigenvalue weighted by atomic mass is 16.2. The van der Waals surface area contributed by atoms with Gasteiger partial charge in [0.15, 0.2) is 0 Å². The lowest BCUT2D eigenvalue weighted by Crippen LogP contribution is -2.66. The molecule has 1 aliphatic carbocycles. The SMILES string of the molecule is CCC1C(=O)NC(C2CC2)C(=O)N1C(C)C(C)C. The number of carbonyl (C=O) groups is 2. The monoisotopic (exact) mass is 252 g/mol. The third-order valence-corrected chi connectivity index (χ3v) is 4.34. The average molecular weight is 252 g/mol. The van der Waals surface area contributed by atoms with E-state index in [1.165, 1.54) is 0 Å². The molecule has 3 unspecified atom stereocenters. The molecule has 4 heteroatoms.